The maximum atomic E-state index is 14.1. The predicted octanol–water partition coefficient (Wildman–Crippen LogP) is 3.64. The maximum absolute atomic E-state index is 14.1. The van der Waals surface area contributed by atoms with E-state index in [0.717, 1.165) is 12.1 Å². The molecule has 2 unspecified atom stereocenters. The number of aromatic nitrogens is 3. The molecule has 1 aromatic carbocycles. The fraction of sp³-hybridized carbons (Fsp3) is 0.250. The van der Waals surface area contributed by atoms with Crippen LogP contribution in [0.3, 0.4) is 0 Å². The lowest BCUT2D eigenvalue weighted by Gasteiger charge is -2.12. The molecule has 0 aliphatic rings. The van der Waals surface area contributed by atoms with Crippen molar-refractivity contribution in [1.82, 2.24) is 14.6 Å². The van der Waals surface area contributed by atoms with E-state index >= 15 is 0 Å². The van der Waals surface area contributed by atoms with Crippen LogP contribution in [0.1, 0.15) is 12.0 Å². The van der Waals surface area contributed by atoms with E-state index in [1.165, 1.54) is 28.8 Å². The molecule has 3 aromatic rings. The van der Waals surface area contributed by atoms with Gasteiger partial charge in [0.2, 0.25) is 0 Å². The molecule has 2 aromatic heterocycles. The van der Waals surface area contributed by atoms with Gasteiger partial charge in [-0.05, 0) is 35.4 Å². The molecule has 0 bridgehead atoms. The number of rotatable bonds is 5. The number of hydrogen-bond acceptors (Lipinski definition) is 4. The Hall–Kier alpha value is -2.75. The first-order valence-electron chi connectivity index (χ1n) is 7.37. The van der Waals surface area contributed by atoms with E-state index in [0.29, 0.717) is 11.1 Å². The Balaban J connectivity index is 1.93. The van der Waals surface area contributed by atoms with Crippen LogP contribution < -0.4 is 4.74 Å². The molecule has 1 N–H and O–H groups in total. The Bertz CT molecular complexity index is 895. The van der Waals surface area contributed by atoms with E-state index in [-0.39, 0.29) is 17.2 Å². The summed E-state index contributed by atoms with van der Waals surface area (Å²) in [6.07, 6.45) is -7.29. The molecule has 0 saturated heterocycles. The highest BCUT2D eigenvalue weighted by Gasteiger charge is 2.31. The number of halogens is 5. The second-order valence-corrected chi connectivity index (χ2v) is 5.40. The summed E-state index contributed by atoms with van der Waals surface area (Å²) in [5.41, 5.74) is 1.33. The molecule has 3 rings (SSSR count). The van der Waals surface area contributed by atoms with Crippen molar-refractivity contribution in [3.8, 4) is 16.9 Å². The molecule has 2 atom stereocenters. The summed E-state index contributed by atoms with van der Waals surface area (Å²) in [6.45, 7) is -1.28. The molecular weight excluding hydrogens is 361 g/mol. The van der Waals surface area contributed by atoms with Gasteiger partial charge in [0.15, 0.2) is 17.6 Å². The average Bonchev–Trinajstić information content (AvgIpc) is 3.02. The van der Waals surface area contributed by atoms with Gasteiger partial charge in [-0.25, -0.2) is 8.78 Å². The van der Waals surface area contributed by atoms with Gasteiger partial charge in [-0.2, -0.15) is 0 Å². The van der Waals surface area contributed by atoms with Crippen molar-refractivity contribution in [2.45, 2.75) is 18.6 Å². The summed E-state index contributed by atoms with van der Waals surface area (Å²) < 4.78 is 68.2. The molecular formula is C16H12F5N3O2. The molecule has 138 valence electrons. The van der Waals surface area contributed by atoms with Gasteiger partial charge in [-0.1, -0.05) is 12.1 Å². The zero-order valence-electron chi connectivity index (χ0n) is 13.0. The number of nitrogens with zero attached hydrogens (tertiary/aromatic N) is 3. The number of aliphatic hydroxyl groups is 1. The van der Waals surface area contributed by atoms with Crippen molar-refractivity contribution >= 4 is 5.65 Å². The third kappa shape index (κ3) is 3.74. The summed E-state index contributed by atoms with van der Waals surface area (Å²) in [5.74, 6) is -0.647. The second-order valence-electron chi connectivity index (χ2n) is 5.40. The molecule has 2 heterocycles. The molecule has 10 heteroatoms. The lowest BCUT2D eigenvalue weighted by molar-refractivity contribution is -0.274. The fourth-order valence-corrected chi connectivity index (χ4v) is 2.37. The minimum Gasteiger partial charge on any atom is -0.406 e. The second kappa shape index (κ2) is 6.87. The summed E-state index contributed by atoms with van der Waals surface area (Å²) in [7, 11) is 0. The third-order valence-electron chi connectivity index (χ3n) is 3.59. The number of aliphatic hydroxyl groups excluding tert-OH is 1. The van der Waals surface area contributed by atoms with Crippen LogP contribution in [0.2, 0.25) is 0 Å². The van der Waals surface area contributed by atoms with Crippen molar-refractivity contribution < 1.29 is 31.8 Å². The number of benzene rings is 1. The molecule has 0 fully saturated rings. The van der Waals surface area contributed by atoms with E-state index in [1.54, 1.807) is 6.07 Å². The van der Waals surface area contributed by atoms with Gasteiger partial charge in [-0.3, -0.25) is 4.40 Å². The summed E-state index contributed by atoms with van der Waals surface area (Å²) >= 11 is 0. The monoisotopic (exact) mass is 373 g/mol. The molecule has 0 saturated carbocycles. The fourth-order valence-electron chi connectivity index (χ4n) is 2.37. The quantitative estimate of drug-likeness (QED) is 0.694. The maximum Gasteiger partial charge on any atom is 0.573 e. The van der Waals surface area contributed by atoms with Crippen LogP contribution in [0.25, 0.3) is 16.8 Å². The minimum atomic E-state index is -4.79. The van der Waals surface area contributed by atoms with Crippen molar-refractivity contribution in [1.29, 1.82) is 0 Å². The van der Waals surface area contributed by atoms with Crippen molar-refractivity contribution in [3.63, 3.8) is 0 Å². The van der Waals surface area contributed by atoms with Crippen molar-refractivity contribution in [2.75, 3.05) is 6.67 Å². The molecule has 0 radical (unpaired) electrons. The summed E-state index contributed by atoms with van der Waals surface area (Å²) in [6, 6.07) is 8.22. The Morgan fingerprint density at radius 3 is 2.31 bits per heavy atom. The summed E-state index contributed by atoms with van der Waals surface area (Å²) in [4.78, 5) is 0. The van der Waals surface area contributed by atoms with E-state index in [9.17, 15) is 27.1 Å². The number of alkyl halides is 5. The van der Waals surface area contributed by atoms with Crippen LogP contribution in [0, 0.1) is 0 Å². The van der Waals surface area contributed by atoms with Crippen LogP contribution in [0.4, 0.5) is 22.0 Å². The molecule has 0 spiro atoms. The van der Waals surface area contributed by atoms with E-state index < -0.39 is 25.3 Å². The van der Waals surface area contributed by atoms with Crippen molar-refractivity contribution in [2.24, 2.45) is 0 Å². The number of hydrogen-bond donors (Lipinski definition) is 1. The lowest BCUT2D eigenvalue weighted by atomic mass is 10.1. The van der Waals surface area contributed by atoms with Gasteiger partial charge < -0.3 is 9.84 Å². The first-order valence-corrected chi connectivity index (χ1v) is 7.37. The summed E-state index contributed by atoms with van der Waals surface area (Å²) in [5, 5.41) is 16.7. The molecule has 0 aliphatic carbocycles. The normalized spacial score (nSPS) is 14.4. The van der Waals surface area contributed by atoms with Gasteiger partial charge in [0.25, 0.3) is 0 Å². The predicted molar refractivity (Wildman–Crippen MR) is 80.9 cm³/mol. The van der Waals surface area contributed by atoms with Crippen molar-refractivity contribution in [3.05, 3.63) is 48.4 Å². The van der Waals surface area contributed by atoms with Gasteiger partial charge in [0.1, 0.15) is 18.5 Å². The van der Waals surface area contributed by atoms with Crippen LogP contribution >= 0.6 is 0 Å². The molecule has 5 nitrogen and oxygen atoms in total. The molecule has 0 amide bonds. The topological polar surface area (TPSA) is 59.7 Å². The van der Waals surface area contributed by atoms with Crippen LogP contribution in [-0.2, 0) is 0 Å². The lowest BCUT2D eigenvalue weighted by Crippen LogP contribution is -2.19. The third-order valence-corrected chi connectivity index (χ3v) is 3.59. The van der Waals surface area contributed by atoms with E-state index in [4.69, 9.17) is 0 Å². The van der Waals surface area contributed by atoms with Crippen LogP contribution in [0.5, 0.6) is 5.75 Å². The largest absolute Gasteiger partial charge is 0.573 e. The standard InChI is InChI=1S/C16H12F5N3O2/c17-7-12(25)14(18)15-23-22-13-6-3-10(8-24(13)15)9-1-4-11(5-2-9)26-16(19,20)21/h1-6,8,12,14,25H,7H2. The van der Waals surface area contributed by atoms with Gasteiger partial charge in [-0.15, -0.1) is 23.4 Å². The van der Waals surface area contributed by atoms with E-state index in [1.807, 2.05) is 0 Å². The number of fused-ring (bicyclic) bond motifs is 1. The highest BCUT2D eigenvalue weighted by molar-refractivity contribution is 5.65. The Morgan fingerprint density at radius 2 is 1.69 bits per heavy atom. The minimum absolute atomic E-state index is 0.273. The Kier molecular flexibility index (Phi) is 4.77. The molecule has 0 aliphatic heterocycles. The van der Waals surface area contributed by atoms with Crippen LogP contribution in [-0.4, -0.2) is 38.8 Å². The average molecular weight is 373 g/mol. The van der Waals surface area contributed by atoms with Gasteiger partial charge >= 0.3 is 6.36 Å². The highest BCUT2D eigenvalue weighted by atomic mass is 19.4. The highest BCUT2D eigenvalue weighted by Crippen LogP contribution is 2.28. The molecule has 26 heavy (non-hydrogen) atoms. The van der Waals surface area contributed by atoms with Crippen LogP contribution in [0.15, 0.2) is 42.6 Å². The zero-order chi connectivity index (χ0) is 18.9. The number of ether oxygens (including phenoxy) is 1. The Labute approximate surface area is 143 Å². The zero-order valence-corrected chi connectivity index (χ0v) is 13.0. The first kappa shape index (κ1) is 18.1. The van der Waals surface area contributed by atoms with E-state index in [2.05, 4.69) is 14.9 Å². The Morgan fingerprint density at radius 1 is 1.04 bits per heavy atom. The smallest absolute Gasteiger partial charge is 0.406 e. The SMILES string of the molecule is OC(CF)C(F)c1nnc2ccc(-c3ccc(OC(F)(F)F)cc3)cn12. The first-order chi connectivity index (χ1) is 12.3. The number of pyridine rings is 1. The van der Waals surface area contributed by atoms with Gasteiger partial charge in [0.05, 0.1) is 0 Å². The van der Waals surface area contributed by atoms with Gasteiger partial charge in [0, 0.05) is 6.20 Å².